The molecule has 2 aromatic carbocycles. The lowest BCUT2D eigenvalue weighted by molar-refractivity contribution is 0.390. The van der Waals surface area contributed by atoms with E-state index < -0.39 is 10.1 Å². The van der Waals surface area contributed by atoms with Crippen molar-refractivity contribution in [3.8, 4) is 17.2 Å². The third kappa shape index (κ3) is 3.89. The summed E-state index contributed by atoms with van der Waals surface area (Å²) in [5.74, 6) is 1.10. The second kappa shape index (κ2) is 7.40. The Kier molecular flexibility index (Phi) is 5.51. The first-order valence-electron chi connectivity index (χ1n) is 7.28. The summed E-state index contributed by atoms with van der Waals surface area (Å²) in [5, 5.41) is 0. The average molecular weight is 348 g/mol. The normalized spacial score (nSPS) is 11.0. The molecule has 0 saturated carbocycles. The molecule has 0 aliphatic rings. The molecule has 0 unspecified atom stereocenters. The Morgan fingerprint density at radius 3 is 2.25 bits per heavy atom. The molecule has 0 atom stereocenters. The fraction of sp³-hybridized carbons (Fsp3) is 0.222. The van der Waals surface area contributed by atoms with Crippen LogP contribution >= 0.6 is 0 Å². The van der Waals surface area contributed by atoms with Gasteiger partial charge >= 0.3 is 10.1 Å². The molecule has 0 amide bonds. The van der Waals surface area contributed by atoms with E-state index in [-0.39, 0.29) is 10.6 Å². The maximum atomic E-state index is 12.5. The number of aryl methyl sites for hydroxylation is 1. The van der Waals surface area contributed by atoms with E-state index in [2.05, 4.69) is 6.58 Å². The van der Waals surface area contributed by atoms with Crippen LogP contribution in [0.15, 0.2) is 53.9 Å². The number of allylic oxidation sites excluding steroid dienone is 1. The maximum Gasteiger partial charge on any atom is 0.339 e. The lowest BCUT2D eigenvalue weighted by Crippen LogP contribution is -2.11. The molecule has 0 heterocycles. The standard InChI is InChI=1S/C18H20O5S/c1-5-6-14-7-9-17(18(12-14)22-4)23-24(19,20)15-8-10-16(21-3)13(2)11-15/h5,7-12H,1,6H2,2-4H3. The van der Waals surface area contributed by atoms with Gasteiger partial charge in [-0.3, -0.25) is 0 Å². The maximum absolute atomic E-state index is 12.5. The fourth-order valence-corrected chi connectivity index (χ4v) is 3.27. The van der Waals surface area contributed by atoms with Gasteiger partial charge in [0.15, 0.2) is 11.5 Å². The van der Waals surface area contributed by atoms with Gasteiger partial charge in [-0.15, -0.1) is 6.58 Å². The molecule has 2 rings (SSSR count). The van der Waals surface area contributed by atoms with Crippen LogP contribution in [0.5, 0.6) is 17.2 Å². The van der Waals surface area contributed by atoms with E-state index in [9.17, 15) is 8.42 Å². The highest BCUT2D eigenvalue weighted by molar-refractivity contribution is 7.87. The van der Waals surface area contributed by atoms with Gasteiger partial charge in [-0.2, -0.15) is 8.42 Å². The van der Waals surface area contributed by atoms with Gasteiger partial charge in [0, 0.05) is 0 Å². The third-order valence-electron chi connectivity index (χ3n) is 3.46. The van der Waals surface area contributed by atoms with Crippen LogP contribution in [0, 0.1) is 6.92 Å². The molecule has 2 aromatic rings. The van der Waals surface area contributed by atoms with Crippen molar-refractivity contribution in [2.45, 2.75) is 18.2 Å². The van der Waals surface area contributed by atoms with Crippen LogP contribution in [0.25, 0.3) is 0 Å². The minimum Gasteiger partial charge on any atom is -0.496 e. The molecule has 0 fully saturated rings. The van der Waals surface area contributed by atoms with Gasteiger partial charge in [0.25, 0.3) is 0 Å². The highest BCUT2D eigenvalue weighted by atomic mass is 32.2. The largest absolute Gasteiger partial charge is 0.496 e. The lowest BCUT2D eigenvalue weighted by Gasteiger charge is -2.13. The summed E-state index contributed by atoms with van der Waals surface area (Å²) < 4.78 is 40.6. The highest BCUT2D eigenvalue weighted by Gasteiger charge is 2.20. The summed E-state index contributed by atoms with van der Waals surface area (Å²) in [5.41, 5.74) is 1.65. The van der Waals surface area contributed by atoms with Crippen molar-refractivity contribution in [1.82, 2.24) is 0 Å². The number of benzene rings is 2. The monoisotopic (exact) mass is 348 g/mol. The number of hydrogen-bond acceptors (Lipinski definition) is 5. The summed E-state index contributed by atoms with van der Waals surface area (Å²) in [7, 11) is -0.981. The van der Waals surface area contributed by atoms with Gasteiger partial charge in [0.05, 0.1) is 14.2 Å². The van der Waals surface area contributed by atoms with Gasteiger partial charge in [0.2, 0.25) is 0 Å². The molecule has 0 bridgehead atoms. The van der Waals surface area contributed by atoms with E-state index in [1.807, 2.05) is 0 Å². The van der Waals surface area contributed by atoms with Crippen LogP contribution in [0.2, 0.25) is 0 Å². The number of ether oxygens (including phenoxy) is 2. The van der Waals surface area contributed by atoms with Crippen LogP contribution in [-0.4, -0.2) is 22.6 Å². The van der Waals surface area contributed by atoms with Crippen LogP contribution in [0.4, 0.5) is 0 Å². The van der Waals surface area contributed by atoms with Crippen molar-refractivity contribution in [3.05, 3.63) is 60.2 Å². The Morgan fingerprint density at radius 1 is 1.00 bits per heavy atom. The summed E-state index contributed by atoms with van der Waals surface area (Å²) in [6, 6.07) is 9.62. The zero-order valence-electron chi connectivity index (χ0n) is 13.9. The predicted molar refractivity (Wildman–Crippen MR) is 92.4 cm³/mol. The van der Waals surface area contributed by atoms with Crippen LogP contribution < -0.4 is 13.7 Å². The number of rotatable bonds is 7. The average Bonchev–Trinajstić information content (AvgIpc) is 2.56. The second-order valence-corrected chi connectivity index (χ2v) is 6.69. The van der Waals surface area contributed by atoms with Crippen LogP contribution in [0.3, 0.4) is 0 Å². The summed E-state index contributed by atoms with van der Waals surface area (Å²) in [6.07, 6.45) is 2.41. The quantitative estimate of drug-likeness (QED) is 0.566. The van der Waals surface area contributed by atoms with E-state index in [1.54, 1.807) is 37.3 Å². The Bertz CT molecular complexity index is 840. The molecule has 0 aromatic heterocycles. The highest BCUT2D eigenvalue weighted by Crippen LogP contribution is 2.31. The van der Waals surface area contributed by atoms with Crippen molar-refractivity contribution in [2.75, 3.05) is 14.2 Å². The molecule has 0 saturated heterocycles. The molecular formula is C18H20O5S. The minimum absolute atomic E-state index is 0.0537. The lowest BCUT2D eigenvalue weighted by atomic mass is 10.1. The Hall–Kier alpha value is -2.47. The Balaban J connectivity index is 2.35. The fourth-order valence-electron chi connectivity index (χ4n) is 2.25. The van der Waals surface area contributed by atoms with E-state index in [0.717, 1.165) is 5.56 Å². The molecule has 24 heavy (non-hydrogen) atoms. The van der Waals surface area contributed by atoms with E-state index in [1.165, 1.54) is 26.4 Å². The number of methoxy groups -OCH3 is 2. The Morgan fingerprint density at radius 2 is 1.67 bits per heavy atom. The van der Waals surface area contributed by atoms with Gasteiger partial charge in [0.1, 0.15) is 10.6 Å². The van der Waals surface area contributed by atoms with Gasteiger partial charge in [-0.05, 0) is 54.8 Å². The first kappa shape index (κ1) is 17.9. The zero-order chi connectivity index (χ0) is 17.7. The molecule has 6 heteroatoms. The van der Waals surface area contributed by atoms with Crippen LogP contribution in [-0.2, 0) is 16.5 Å². The molecular weight excluding hydrogens is 328 g/mol. The first-order chi connectivity index (χ1) is 11.4. The first-order valence-corrected chi connectivity index (χ1v) is 8.69. The van der Waals surface area contributed by atoms with E-state index in [4.69, 9.17) is 13.7 Å². The van der Waals surface area contributed by atoms with Crippen molar-refractivity contribution >= 4 is 10.1 Å². The second-order valence-electron chi connectivity index (χ2n) is 5.15. The molecule has 0 radical (unpaired) electrons. The molecule has 0 aliphatic carbocycles. The van der Waals surface area contributed by atoms with Gasteiger partial charge < -0.3 is 13.7 Å². The van der Waals surface area contributed by atoms with Crippen molar-refractivity contribution in [1.29, 1.82) is 0 Å². The summed E-state index contributed by atoms with van der Waals surface area (Å²) in [6.45, 7) is 5.44. The summed E-state index contributed by atoms with van der Waals surface area (Å²) in [4.78, 5) is 0.0537. The topological polar surface area (TPSA) is 61.8 Å². The molecule has 5 nitrogen and oxygen atoms in total. The minimum atomic E-state index is -3.97. The van der Waals surface area contributed by atoms with Crippen molar-refractivity contribution in [3.63, 3.8) is 0 Å². The van der Waals surface area contributed by atoms with Crippen LogP contribution in [0.1, 0.15) is 11.1 Å². The van der Waals surface area contributed by atoms with Gasteiger partial charge in [-0.25, -0.2) is 0 Å². The smallest absolute Gasteiger partial charge is 0.339 e. The molecule has 0 N–H and O–H groups in total. The molecule has 0 spiro atoms. The van der Waals surface area contributed by atoms with Crippen molar-refractivity contribution in [2.24, 2.45) is 0 Å². The molecule has 128 valence electrons. The van der Waals surface area contributed by atoms with Gasteiger partial charge in [-0.1, -0.05) is 12.1 Å². The zero-order valence-corrected chi connectivity index (χ0v) is 14.7. The van der Waals surface area contributed by atoms with E-state index in [0.29, 0.717) is 23.5 Å². The summed E-state index contributed by atoms with van der Waals surface area (Å²) >= 11 is 0. The SMILES string of the molecule is C=CCc1ccc(OS(=O)(=O)c2ccc(OC)c(C)c2)c(OC)c1. The molecule has 0 aliphatic heterocycles. The Labute approximate surface area is 142 Å². The number of hydrogen-bond donors (Lipinski definition) is 0. The third-order valence-corrected chi connectivity index (χ3v) is 4.69. The van der Waals surface area contributed by atoms with Crippen molar-refractivity contribution < 1.29 is 22.1 Å². The predicted octanol–water partition coefficient (Wildman–Crippen LogP) is 3.51. The van der Waals surface area contributed by atoms with E-state index >= 15 is 0 Å².